The lowest BCUT2D eigenvalue weighted by atomic mass is 10.2. The smallest absolute Gasteiger partial charge is 0.262 e. The number of thioether (sulfide) groups is 2. The van der Waals surface area contributed by atoms with Gasteiger partial charge in [0.1, 0.15) is 0 Å². The number of nitrogens with zero attached hydrogens (tertiary/aromatic N) is 2. The van der Waals surface area contributed by atoms with E-state index >= 15 is 0 Å². The van der Waals surface area contributed by atoms with Crippen LogP contribution in [0.5, 0.6) is 0 Å². The average molecular weight is 414 g/mol. The van der Waals surface area contributed by atoms with Gasteiger partial charge in [0.25, 0.3) is 5.56 Å². The highest BCUT2D eigenvalue weighted by Crippen LogP contribution is 2.26. The molecule has 2 aromatic carbocycles. The van der Waals surface area contributed by atoms with E-state index in [-0.39, 0.29) is 23.3 Å². The number of amides is 1. The molecule has 1 heterocycles. The number of fused-ring (bicyclic) bond motifs is 1. The Morgan fingerprint density at radius 1 is 1.18 bits per heavy atom. The zero-order valence-corrected chi connectivity index (χ0v) is 17.8. The highest BCUT2D eigenvalue weighted by atomic mass is 32.2. The molecule has 0 unspecified atom stereocenters. The summed E-state index contributed by atoms with van der Waals surface area (Å²) < 4.78 is 1.70. The SMILES string of the molecule is CC[C@@H](C)n1c(SCC(=O)Nc2ccccc2SC)nc2ccccc2c1=O. The molecule has 0 aliphatic heterocycles. The van der Waals surface area contributed by atoms with Gasteiger partial charge in [-0.15, -0.1) is 11.8 Å². The Morgan fingerprint density at radius 2 is 1.89 bits per heavy atom. The highest BCUT2D eigenvalue weighted by Gasteiger charge is 2.17. The maximum atomic E-state index is 13.0. The number of para-hydroxylation sites is 2. The molecular weight excluding hydrogens is 390 g/mol. The Hall–Kier alpha value is -2.25. The lowest BCUT2D eigenvalue weighted by Crippen LogP contribution is -2.26. The molecule has 1 N–H and O–H groups in total. The van der Waals surface area contributed by atoms with E-state index in [9.17, 15) is 9.59 Å². The summed E-state index contributed by atoms with van der Waals surface area (Å²) in [5, 5.41) is 4.13. The van der Waals surface area contributed by atoms with Gasteiger partial charge >= 0.3 is 0 Å². The minimum Gasteiger partial charge on any atom is -0.324 e. The fourth-order valence-corrected chi connectivity index (χ4v) is 4.31. The van der Waals surface area contributed by atoms with Gasteiger partial charge in [-0.25, -0.2) is 4.98 Å². The summed E-state index contributed by atoms with van der Waals surface area (Å²) in [6, 6.07) is 15.0. The number of aromatic nitrogens is 2. The average Bonchev–Trinajstić information content (AvgIpc) is 2.72. The number of rotatable bonds is 7. The van der Waals surface area contributed by atoms with E-state index in [0.717, 1.165) is 17.0 Å². The molecule has 146 valence electrons. The van der Waals surface area contributed by atoms with Crippen molar-refractivity contribution >= 4 is 46.0 Å². The van der Waals surface area contributed by atoms with Crippen LogP contribution in [0.1, 0.15) is 26.3 Å². The van der Waals surface area contributed by atoms with E-state index in [2.05, 4.69) is 10.3 Å². The van der Waals surface area contributed by atoms with Crippen molar-refractivity contribution in [2.75, 3.05) is 17.3 Å². The summed E-state index contributed by atoms with van der Waals surface area (Å²) in [6.45, 7) is 4.03. The standard InChI is InChI=1S/C21H23N3O2S2/c1-4-14(2)24-20(26)15-9-5-6-10-16(15)23-21(24)28-13-19(25)22-17-11-7-8-12-18(17)27-3/h5-12,14H,4,13H2,1-3H3,(H,22,25)/t14-/m1/s1. The van der Waals surface area contributed by atoms with Crippen molar-refractivity contribution in [3.8, 4) is 0 Å². The van der Waals surface area contributed by atoms with Crippen LogP contribution in [0, 0.1) is 0 Å². The summed E-state index contributed by atoms with van der Waals surface area (Å²) >= 11 is 2.88. The van der Waals surface area contributed by atoms with Gasteiger partial charge in [-0.1, -0.05) is 43.0 Å². The Labute approximate surface area is 172 Å². The predicted molar refractivity (Wildman–Crippen MR) is 119 cm³/mol. The second-order valence-corrected chi connectivity index (χ2v) is 8.17. The molecule has 5 nitrogen and oxygen atoms in total. The van der Waals surface area contributed by atoms with E-state index in [1.54, 1.807) is 22.4 Å². The summed E-state index contributed by atoms with van der Waals surface area (Å²) in [5.41, 5.74) is 1.39. The first kappa shape index (κ1) is 20.5. The van der Waals surface area contributed by atoms with E-state index in [1.165, 1.54) is 11.8 Å². The Morgan fingerprint density at radius 3 is 2.64 bits per heavy atom. The third kappa shape index (κ3) is 4.42. The minimum absolute atomic E-state index is 0.00684. The normalized spacial score (nSPS) is 12.1. The van der Waals surface area contributed by atoms with Gasteiger partial charge in [-0.3, -0.25) is 14.2 Å². The van der Waals surface area contributed by atoms with Gasteiger partial charge in [-0.05, 0) is 43.9 Å². The van der Waals surface area contributed by atoms with Crippen LogP contribution < -0.4 is 10.9 Å². The van der Waals surface area contributed by atoms with E-state index in [0.29, 0.717) is 16.1 Å². The van der Waals surface area contributed by atoms with Crippen molar-refractivity contribution in [3.05, 3.63) is 58.9 Å². The molecule has 3 aromatic rings. The molecule has 0 fully saturated rings. The molecular formula is C21H23N3O2S2. The minimum atomic E-state index is -0.121. The number of benzene rings is 2. The van der Waals surface area contributed by atoms with Crippen LogP contribution >= 0.6 is 23.5 Å². The molecule has 1 amide bonds. The fourth-order valence-electron chi connectivity index (χ4n) is 2.86. The number of carbonyl (C=O) groups excluding carboxylic acids is 1. The maximum Gasteiger partial charge on any atom is 0.262 e. The molecule has 1 atom stereocenters. The van der Waals surface area contributed by atoms with E-state index in [1.807, 2.05) is 62.6 Å². The van der Waals surface area contributed by atoms with Crippen molar-refractivity contribution < 1.29 is 4.79 Å². The van der Waals surface area contributed by atoms with Gasteiger partial charge in [0.2, 0.25) is 5.91 Å². The van der Waals surface area contributed by atoms with Crippen LogP contribution in [-0.2, 0) is 4.79 Å². The first-order valence-electron chi connectivity index (χ1n) is 9.12. The van der Waals surface area contributed by atoms with Crippen LogP contribution in [0.15, 0.2) is 63.4 Å². The molecule has 0 saturated heterocycles. The van der Waals surface area contributed by atoms with Crippen LogP contribution in [-0.4, -0.2) is 27.5 Å². The van der Waals surface area contributed by atoms with Gasteiger partial charge in [0.05, 0.1) is 22.3 Å². The molecule has 0 aliphatic carbocycles. The second-order valence-electron chi connectivity index (χ2n) is 6.38. The monoisotopic (exact) mass is 413 g/mol. The molecule has 0 bridgehead atoms. The fraction of sp³-hybridized carbons (Fsp3) is 0.286. The molecule has 0 aliphatic rings. The number of nitrogens with one attached hydrogen (secondary N) is 1. The molecule has 0 saturated carbocycles. The number of anilines is 1. The topological polar surface area (TPSA) is 64.0 Å². The summed E-state index contributed by atoms with van der Waals surface area (Å²) in [4.78, 5) is 31.1. The molecule has 28 heavy (non-hydrogen) atoms. The number of hydrogen-bond donors (Lipinski definition) is 1. The quantitative estimate of drug-likeness (QED) is 0.444. The molecule has 0 radical (unpaired) electrons. The summed E-state index contributed by atoms with van der Waals surface area (Å²) in [5.74, 6) is 0.0637. The van der Waals surface area contributed by atoms with Crippen LogP contribution in [0.3, 0.4) is 0 Å². The van der Waals surface area contributed by atoms with Gasteiger partial charge in [0, 0.05) is 10.9 Å². The lowest BCUT2D eigenvalue weighted by molar-refractivity contribution is -0.113. The summed E-state index contributed by atoms with van der Waals surface area (Å²) in [6.07, 6.45) is 2.78. The predicted octanol–water partition coefficient (Wildman–Crippen LogP) is 4.82. The van der Waals surface area contributed by atoms with Gasteiger partial charge < -0.3 is 5.32 Å². The second kappa shape index (κ2) is 9.30. The van der Waals surface area contributed by atoms with Crippen molar-refractivity contribution in [1.82, 2.24) is 9.55 Å². The van der Waals surface area contributed by atoms with Crippen molar-refractivity contribution in [2.45, 2.75) is 36.4 Å². The van der Waals surface area contributed by atoms with Crippen LogP contribution in [0.25, 0.3) is 10.9 Å². The van der Waals surface area contributed by atoms with Gasteiger partial charge in [-0.2, -0.15) is 0 Å². The largest absolute Gasteiger partial charge is 0.324 e. The maximum absolute atomic E-state index is 13.0. The molecule has 0 spiro atoms. The van der Waals surface area contributed by atoms with E-state index < -0.39 is 0 Å². The highest BCUT2D eigenvalue weighted by molar-refractivity contribution is 7.99. The van der Waals surface area contributed by atoms with Crippen molar-refractivity contribution in [2.24, 2.45) is 0 Å². The van der Waals surface area contributed by atoms with Crippen molar-refractivity contribution in [3.63, 3.8) is 0 Å². The zero-order valence-electron chi connectivity index (χ0n) is 16.1. The first-order valence-corrected chi connectivity index (χ1v) is 11.3. The molecule has 1 aromatic heterocycles. The Bertz CT molecular complexity index is 1050. The third-order valence-electron chi connectivity index (χ3n) is 4.52. The Kier molecular flexibility index (Phi) is 6.80. The zero-order chi connectivity index (χ0) is 20.1. The van der Waals surface area contributed by atoms with Gasteiger partial charge in [0.15, 0.2) is 5.16 Å². The van der Waals surface area contributed by atoms with Crippen LogP contribution in [0.4, 0.5) is 5.69 Å². The first-order chi connectivity index (χ1) is 13.5. The Balaban J connectivity index is 1.85. The third-order valence-corrected chi connectivity index (χ3v) is 6.27. The number of hydrogen-bond acceptors (Lipinski definition) is 5. The molecule has 7 heteroatoms. The van der Waals surface area contributed by atoms with Crippen LogP contribution in [0.2, 0.25) is 0 Å². The summed E-state index contributed by atoms with van der Waals surface area (Å²) in [7, 11) is 0. The number of carbonyl (C=O) groups is 1. The van der Waals surface area contributed by atoms with Crippen molar-refractivity contribution in [1.29, 1.82) is 0 Å². The molecule has 3 rings (SSSR count). The van der Waals surface area contributed by atoms with E-state index in [4.69, 9.17) is 0 Å². The lowest BCUT2D eigenvalue weighted by Gasteiger charge is -2.18.